The number of thiophene rings is 1. The van der Waals surface area contributed by atoms with Gasteiger partial charge in [0.15, 0.2) is 11.9 Å². The number of aliphatic carboxylic acids is 1. The summed E-state index contributed by atoms with van der Waals surface area (Å²) in [6.07, 6.45) is 1.69. The first-order chi connectivity index (χ1) is 20.5. The highest BCUT2D eigenvalue weighted by molar-refractivity contribution is 7.19. The van der Waals surface area contributed by atoms with E-state index in [1.807, 2.05) is 55.5 Å². The Kier molecular flexibility index (Phi) is 7.96. The molecule has 0 radical (unpaired) electrons. The third-order valence-corrected chi connectivity index (χ3v) is 8.90. The molecule has 0 bridgehead atoms. The maximum atomic E-state index is 13.4. The average Bonchev–Trinajstić information content (AvgIpc) is 3.72. The second kappa shape index (κ2) is 12.1. The third kappa shape index (κ3) is 5.49. The van der Waals surface area contributed by atoms with E-state index in [9.17, 15) is 14.7 Å². The molecule has 2 heterocycles. The number of carboxylic acids is 1. The summed E-state index contributed by atoms with van der Waals surface area (Å²) in [7, 11) is 0. The van der Waals surface area contributed by atoms with Gasteiger partial charge in [-0.05, 0) is 56.6 Å². The summed E-state index contributed by atoms with van der Waals surface area (Å²) in [5.41, 5.74) is 4.54. The Morgan fingerprint density at radius 3 is 2.40 bits per heavy atom. The second-order valence-electron chi connectivity index (χ2n) is 10.5. The molecule has 0 saturated heterocycles. The lowest BCUT2D eigenvalue weighted by atomic mass is 9.98. The number of unbranched alkanes of at least 4 members (excludes halogenated alkanes) is 1. The van der Waals surface area contributed by atoms with Crippen LogP contribution in [0.1, 0.15) is 66.0 Å². The molecule has 9 nitrogen and oxygen atoms in total. The van der Waals surface area contributed by atoms with Crippen LogP contribution in [0.25, 0.3) is 21.2 Å². The van der Waals surface area contributed by atoms with Crippen molar-refractivity contribution in [3.8, 4) is 11.1 Å². The van der Waals surface area contributed by atoms with Gasteiger partial charge in [0.05, 0.1) is 6.04 Å². The van der Waals surface area contributed by atoms with Crippen LogP contribution >= 0.6 is 11.3 Å². The number of hydrogen-bond donors (Lipinski definition) is 2. The van der Waals surface area contributed by atoms with Gasteiger partial charge >= 0.3 is 12.1 Å². The average molecular weight is 582 g/mol. The van der Waals surface area contributed by atoms with Gasteiger partial charge in [-0.3, -0.25) is 0 Å². The van der Waals surface area contributed by atoms with Crippen LogP contribution in [0.2, 0.25) is 0 Å². The van der Waals surface area contributed by atoms with Gasteiger partial charge in [-0.2, -0.15) is 0 Å². The highest BCUT2D eigenvalue weighted by Crippen LogP contribution is 2.44. The van der Waals surface area contributed by atoms with Crippen LogP contribution in [0.3, 0.4) is 0 Å². The predicted molar refractivity (Wildman–Crippen MR) is 160 cm³/mol. The smallest absolute Gasteiger partial charge is 0.407 e. The Morgan fingerprint density at radius 1 is 1.02 bits per heavy atom. The molecular weight excluding hydrogens is 550 g/mol. The first kappa shape index (κ1) is 27.6. The minimum absolute atomic E-state index is 0.0834. The normalized spacial score (nSPS) is 13.8. The minimum atomic E-state index is -1.02. The van der Waals surface area contributed by atoms with Crippen molar-refractivity contribution in [2.24, 2.45) is 0 Å². The van der Waals surface area contributed by atoms with Crippen molar-refractivity contribution >= 4 is 33.5 Å². The van der Waals surface area contributed by atoms with Crippen molar-refractivity contribution in [1.82, 2.24) is 25.5 Å². The second-order valence-corrected chi connectivity index (χ2v) is 11.6. The fourth-order valence-electron chi connectivity index (χ4n) is 5.73. The molecule has 10 heteroatoms. The Labute approximate surface area is 247 Å². The van der Waals surface area contributed by atoms with Crippen LogP contribution in [-0.2, 0) is 16.0 Å². The zero-order valence-electron chi connectivity index (χ0n) is 23.1. The van der Waals surface area contributed by atoms with Crippen LogP contribution in [-0.4, -0.2) is 44.0 Å². The van der Waals surface area contributed by atoms with Crippen molar-refractivity contribution in [3.63, 3.8) is 0 Å². The number of amides is 1. The quantitative estimate of drug-likeness (QED) is 0.182. The number of aromatic nitrogens is 4. The van der Waals surface area contributed by atoms with Gasteiger partial charge in [-0.15, -0.1) is 16.4 Å². The van der Waals surface area contributed by atoms with E-state index in [-0.39, 0.29) is 18.3 Å². The lowest BCUT2D eigenvalue weighted by molar-refractivity contribution is -0.141. The Bertz CT molecular complexity index is 1650. The first-order valence-corrected chi connectivity index (χ1v) is 14.9. The van der Waals surface area contributed by atoms with Gasteiger partial charge in [0, 0.05) is 21.9 Å². The van der Waals surface area contributed by atoms with Crippen molar-refractivity contribution in [1.29, 1.82) is 0 Å². The van der Waals surface area contributed by atoms with Gasteiger partial charge in [0.2, 0.25) is 0 Å². The number of nitrogens with one attached hydrogen (secondary N) is 1. The molecule has 5 aromatic rings. The Hall–Kier alpha value is -4.57. The summed E-state index contributed by atoms with van der Waals surface area (Å²) in [6, 6.07) is 24.8. The first-order valence-electron chi connectivity index (χ1n) is 14.1. The minimum Gasteiger partial charge on any atom is -0.480 e. The van der Waals surface area contributed by atoms with Gasteiger partial charge in [0.25, 0.3) is 0 Å². The molecule has 0 spiro atoms. The zero-order chi connectivity index (χ0) is 29.1. The van der Waals surface area contributed by atoms with E-state index in [1.54, 1.807) is 11.3 Å². The fraction of sp³-hybridized carbons (Fsp3) is 0.281. The van der Waals surface area contributed by atoms with Crippen LogP contribution in [0.5, 0.6) is 0 Å². The number of fused-ring (bicyclic) bond motifs is 4. The van der Waals surface area contributed by atoms with Crippen molar-refractivity contribution in [2.75, 3.05) is 6.61 Å². The molecule has 1 amide bonds. The number of carbonyl (C=O) groups excluding carboxylic acids is 1. The van der Waals surface area contributed by atoms with Crippen LogP contribution < -0.4 is 5.32 Å². The molecule has 1 unspecified atom stereocenters. The maximum absolute atomic E-state index is 13.4. The van der Waals surface area contributed by atoms with E-state index in [0.29, 0.717) is 19.3 Å². The maximum Gasteiger partial charge on any atom is 0.407 e. The Morgan fingerprint density at radius 2 is 1.71 bits per heavy atom. The Balaban J connectivity index is 1.26. The summed E-state index contributed by atoms with van der Waals surface area (Å²) >= 11 is 1.62. The van der Waals surface area contributed by atoms with E-state index in [2.05, 4.69) is 51.2 Å². The summed E-state index contributed by atoms with van der Waals surface area (Å²) < 4.78 is 8.29. The van der Waals surface area contributed by atoms with Crippen molar-refractivity contribution in [2.45, 2.75) is 50.6 Å². The van der Waals surface area contributed by atoms with Gasteiger partial charge < -0.3 is 15.2 Å². The lowest BCUT2D eigenvalue weighted by Gasteiger charge is -2.21. The molecule has 3 aromatic carbocycles. The zero-order valence-corrected chi connectivity index (χ0v) is 24.0. The number of nitrogens with zero attached hydrogens (tertiary/aromatic N) is 4. The molecule has 214 valence electrons. The molecule has 42 heavy (non-hydrogen) atoms. The summed E-state index contributed by atoms with van der Waals surface area (Å²) in [5.74, 6) is -0.817. The highest BCUT2D eigenvalue weighted by Gasteiger charge is 2.32. The molecule has 1 aliphatic carbocycles. The molecule has 2 N–H and O–H groups in total. The lowest BCUT2D eigenvalue weighted by Crippen LogP contribution is -2.34. The monoisotopic (exact) mass is 581 g/mol. The van der Waals surface area contributed by atoms with E-state index in [0.717, 1.165) is 43.6 Å². The largest absolute Gasteiger partial charge is 0.480 e. The van der Waals surface area contributed by atoms with Crippen molar-refractivity contribution < 1.29 is 19.4 Å². The fourth-order valence-corrected chi connectivity index (χ4v) is 6.84. The molecule has 0 aliphatic heterocycles. The highest BCUT2D eigenvalue weighted by atomic mass is 32.1. The number of alkyl carbamates (subject to hydrolysis) is 1. The van der Waals surface area contributed by atoms with Crippen LogP contribution in [0, 0.1) is 0 Å². The third-order valence-electron chi connectivity index (χ3n) is 7.76. The summed E-state index contributed by atoms with van der Waals surface area (Å²) in [6.45, 7) is 2.16. The summed E-state index contributed by atoms with van der Waals surface area (Å²) in [5, 5.41) is 26.1. The number of carbonyl (C=O) groups is 2. The number of benzene rings is 3. The topological polar surface area (TPSA) is 119 Å². The number of rotatable bonds is 11. The summed E-state index contributed by atoms with van der Waals surface area (Å²) in [4.78, 5) is 26.6. The van der Waals surface area contributed by atoms with Gasteiger partial charge in [0.1, 0.15) is 6.61 Å². The predicted octanol–water partition coefficient (Wildman–Crippen LogP) is 6.53. The molecular formula is C32H31N5O4S. The number of hydrogen-bond acceptors (Lipinski definition) is 7. The van der Waals surface area contributed by atoms with E-state index >= 15 is 0 Å². The molecule has 1 aliphatic rings. The van der Waals surface area contributed by atoms with Gasteiger partial charge in [-0.1, -0.05) is 86.5 Å². The molecule has 0 saturated carbocycles. The van der Waals surface area contributed by atoms with E-state index < -0.39 is 24.1 Å². The molecule has 2 aromatic heterocycles. The number of ether oxygens (including phenoxy) is 1. The SMILES string of the molecule is CCCCC(C(=O)O)n1nnnc1[C@H](Cc1cc2ccccc2s1)NC(=O)OCC1c2ccccc2-c2ccccc21. The molecule has 6 rings (SSSR count). The number of carboxylic acid groups (broad SMARTS) is 1. The van der Waals surface area contributed by atoms with Crippen molar-refractivity contribution in [3.05, 3.63) is 101 Å². The van der Waals surface area contributed by atoms with Crippen LogP contribution in [0.15, 0.2) is 78.9 Å². The molecule has 2 atom stereocenters. The standard InChI is InChI=1S/C32H31N5O4S/c1-2-3-15-28(31(38)39)37-30(34-35-36-37)27(18-21-17-20-10-4-9-16-29(20)42-21)33-32(40)41-19-26-24-13-7-5-11-22(24)23-12-6-8-14-25(23)26/h4-14,16-17,26-28H,2-3,15,18-19H2,1H3,(H,33,40)(H,38,39)/t27-,28?/m0/s1. The molecule has 0 fully saturated rings. The van der Waals surface area contributed by atoms with E-state index in [4.69, 9.17) is 4.74 Å². The van der Waals surface area contributed by atoms with Crippen LogP contribution in [0.4, 0.5) is 4.79 Å². The van der Waals surface area contributed by atoms with E-state index in [1.165, 1.54) is 4.68 Å². The number of tetrazole rings is 1. The van der Waals surface area contributed by atoms with Gasteiger partial charge in [-0.25, -0.2) is 14.3 Å².